The van der Waals surface area contributed by atoms with Gasteiger partial charge in [0, 0.05) is 11.1 Å². The monoisotopic (exact) mass is 263 g/mol. The van der Waals surface area contributed by atoms with Crippen LogP contribution in [-0.4, -0.2) is 6.54 Å². The molecule has 0 fully saturated rings. The van der Waals surface area contributed by atoms with E-state index in [0.717, 1.165) is 11.6 Å². The van der Waals surface area contributed by atoms with E-state index in [9.17, 15) is 0 Å². The first-order valence-corrected chi connectivity index (χ1v) is 7.30. The molecule has 1 atom stereocenters. The quantitative estimate of drug-likeness (QED) is 0.747. The molecule has 18 heavy (non-hydrogen) atoms. The molecule has 1 N–H and O–H groups in total. The zero-order valence-electron chi connectivity index (χ0n) is 11.1. The van der Waals surface area contributed by atoms with Gasteiger partial charge in [0.1, 0.15) is 0 Å². The number of hydrogen-bond acceptors (Lipinski definition) is 1. The summed E-state index contributed by atoms with van der Waals surface area (Å²) >= 11 is 5.89. The second kappa shape index (κ2) is 6.96. The minimum absolute atomic E-state index is 0.395. The Bertz CT molecular complexity index is 394. The highest BCUT2D eigenvalue weighted by Gasteiger charge is 2.06. The molecule has 1 aromatic rings. The minimum Gasteiger partial charge on any atom is -0.310 e. The first kappa shape index (κ1) is 13.6. The van der Waals surface area contributed by atoms with Crippen LogP contribution in [0, 0.1) is 0 Å². The van der Waals surface area contributed by atoms with Gasteiger partial charge >= 0.3 is 0 Å². The third-order valence-corrected chi connectivity index (χ3v) is 3.90. The van der Waals surface area contributed by atoms with Crippen molar-refractivity contribution in [2.45, 2.75) is 45.1 Å². The molecule has 98 valence electrons. The summed E-state index contributed by atoms with van der Waals surface area (Å²) in [7, 11) is 0. The van der Waals surface area contributed by atoms with E-state index in [2.05, 4.69) is 30.4 Å². The average Bonchev–Trinajstić information content (AvgIpc) is 2.40. The molecule has 0 aliphatic heterocycles. The number of nitrogens with one attached hydrogen (secondary N) is 1. The first-order chi connectivity index (χ1) is 8.75. The Hall–Kier alpha value is -0.790. The Labute approximate surface area is 115 Å². The molecule has 2 rings (SSSR count). The zero-order valence-corrected chi connectivity index (χ0v) is 11.8. The molecule has 1 aliphatic carbocycles. The van der Waals surface area contributed by atoms with Crippen molar-refractivity contribution in [1.82, 2.24) is 5.32 Å². The number of hydrogen-bond donors (Lipinski definition) is 1. The maximum absolute atomic E-state index is 5.89. The lowest BCUT2D eigenvalue weighted by Gasteiger charge is -2.17. The van der Waals surface area contributed by atoms with E-state index in [1.165, 1.54) is 37.7 Å². The minimum atomic E-state index is 0.395. The van der Waals surface area contributed by atoms with Crippen LogP contribution in [0.2, 0.25) is 5.02 Å². The predicted molar refractivity (Wildman–Crippen MR) is 79.0 cm³/mol. The van der Waals surface area contributed by atoms with E-state index >= 15 is 0 Å². The fraction of sp³-hybridized carbons (Fsp3) is 0.500. The Morgan fingerprint density at radius 2 is 2.00 bits per heavy atom. The van der Waals surface area contributed by atoms with Gasteiger partial charge in [-0.25, -0.2) is 0 Å². The van der Waals surface area contributed by atoms with Crippen molar-refractivity contribution < 1.29 is 0 Å². The summed E-state index contributed by atoms with van der Waals surface area (Å²) in [6, 6.07) is 8.50. The molecule has 1 nitrogen and oxygen atoms in total. The van der Waals surface area contributed by atoms with E-state index in [4.69, 9.17) is 11.6 Å². The van der Waals surface area contributed by atoms with E-state index in [-0.39, 0.29) is 0 Å². The second-order valence-electron chi connectivity index (χ2n) is 5.09. The topological polar surface area (TPSA) is 12.0 Å². The van der Waals surface area contributed by atoms with Gasteiger partial charge < -0.3 is 5.32 Å². The van der Waals surface area contributed by atoms with Crippen molar-refractivity contribution in [3.8, 4) is 0 Å². The molecule has 1 unspecified atom stereocenters. The first-order valence-electron chi connectivity index (χ1n) is 6.92. The molecule has 1 aliphatic rings. The predicted octanol–water partition coefficient (Wildman–Crippen LogP) is 4.88. The van der Waals surface area contributed by atoms with Gasteiger partial charge in [0.2, 0.25) is 0 Å². The van der Waals surface area contributed by atoms with Crippen LogP contribution in [0.15, 0.2) is 35.9 Å². The maximum atomic E-state index is 5.89. The molecule has 0 amide bonds. The summed E-state index contributed by atoms with van der Waals surface area (Å²) in [6.07, 6.45) is 8.95. The van der Waals surface area contributed by atoms with Gasteiger partial charge in [0.25, 0.3) is 0 Å². The normalized spacial score (nSPS) is 17.3. The standard InChI is InChI=1S/C16H22ClN/c1-13(15-7-9-16(17)10-8-15)18-12-11-14-5-3-2-4-6-14/h5,7-10,13,18H,2-4,6,11-12H2,1H3. The molecule has 0 heterocycles. The lowest BCUT2D eigenvalue weighted by molar-refractivity contribution is 0.562. The van der Waals surface area contributed by atoms with E-state index < -0.39 is 0 Å². The summed E-state index contributed by atoms with van der Waals surface area (Å²) in [5.74, 6) is 0. The van der Waals surface area contributed by atoms with Crippen molar-refractivity contribution in [1.29, 1.82) is 0 Å². The summed E-state index contributed by atoms with van der Waals surface area (Å²) in [6.45, 7) is 3.27. The van der Waals surface area contributed by atoms with Crippen LogP contribution >= 0.6 is 11.6 Å². The lowest BCUT2D eigenvalue weighted by atomic mass is 9.97. The summed E-state index contributed by atoms with van der Waals surface area (Å²) in [5, 5.41) is 4.39. The van der Waals surface area contributed by atoms with Gasteiger partial charge in [-0.05, 0) is 63.3 Å². The van der Waals surface area contributed by atoms with E-state index in [0.29, 0.717) is 6.04 Å². The Balaban J connectivity index is 1.76. The third kappa shape index (κ3) is 4.15. The van der Waals surface area contributed by atoms with Crippen LogP contribution in [0.5, 0.6) is 0 Å². The van der Waals surface area contributed by atoms with Crippen molar-refractivity contribution in [3.63, 3.8) is 0 Å². The van der Waals surface area contributed by atoms with Gasteiger partial charge in [0.05, 0.1) is 0 Å². The zero-order chi connectivity index (χ0) is 12.8. The Kier molecular flexibility index (Phi) is 5.27. The molecule has 0 saturated heterocycles. The average molecular weight is 264 g/mol. The Morgan fingerprint density at radius 3 is 2.67 bits per heavy atom. The fourth-order valence-corrected chi connectivity index (χ4v) is 2.58. The van der Waals surface area contributed by atoms with Gasteiger partial charge in [-0.3, -0.25) is 0 Å². The highest BCUT2D eigenvalue weighted by molar-refractivity contribution is 6.30. The summed E-state index contributed by atoms with van der Waals surface area (Å²) in [4.78, 5) is 0. The summed E-state index contributed by atoms with van der Waals surface area (Å²) < 4.78 is 0. The van der Waals surface area contributed by atoms with Crippen LogP contribution in [0.4, 0.5) is 0 Å². The fourth-order valence-electron chi connectivity index (χ4n) is 2.45. The number of benzene rings is 1. The van der Waals surface area contributed by atoms with Gasteiger partial charge in [-0.15, -0.1) is 0 Å². The lowest BCUT2D eigenvalue weighted by Crippen LogP contribution is -2.20. The Morgan fingerprint density at radius 1 is 1.22 bits per heavy atom. The molecule has 0 aromatic heterocycles. The second-order valence-corrected chi connectivity index (χ2v) is 5.52. The highest BCUT2D eigenvalue weighted by Crippen LogP contribution is 2.20. The van der Waals surface area contributed by atoms with Crippen molar-refractivity contribution in [3.05, 3.63) is 46.5 Å². The molecule has 2 heteroatoms. The number of allylic oxidation sites excluding steroid dienone is 1. The molecule has 0 radical (unpaired) electrons. The van der Waals surface area contributed by atoms with Crippen LogP contribution in [0.25, 0.3) is 0 Å². The highest BCUT2D eigenvalue weighted by atomic mass is 35.5. The molecular weight excluding hydrogens is 242 g/mol. The molecule has 0 spiro atoms. The maximum Gasteiger partial charge on any atom is 0.0406 e. The largest absolute Gasteiger partial charge is 0.310 e. The van der Waals surface area contributed by atoms with Gasteiger partial charge in [0.15, 0.2) is 0 Å². The summed E-state index contributed by atoms with van der Waals surface area (Å²) in [5.41, 5.74) is 2.94. The van der Waals surface area contributed by atoms with Crippen LogP contribution in [0.1, 0.15) is 50.6 Å². The van der Waals surface area contributed by atoms with E-state index in [1.807, 2.05) is 12.1 Å². The van der Waals surface area contributed by atoms with Crippen LogP contribution < -0.4 is 5.32 Å². The van der Waals surface area contributed by atoms with Crippen molar-refractivity contribution in [2.75, 3.05) is 6.54 Å². The molecular formula is C16H22ClN. The molecule has 1 aromatic carbocycles. The van der Waals surface area contributed by atoms with Gasteiger partial charge in [-0.1, -0.05) is 35.4 Å². The SMILES string of the molecule is CC(NCCC1=CCCCC1)c1ccc(Cl)cc1. The number of rotatable bonds is 5. The third-order valence-electron chi connectivity index (χ3n) is 3.65. The molecule has 0 bridgehead atoms. The van der Waals surface area contributed by atoms with Crippen LogP contribution in [-0.2, 0) is 0 Å². The van der Waals surface area contributed by atoms with E-state index in [1.54, 1.807) is 5.57 Å². The van der Waals surface area contributed by atoms with Crippen molar-refractivity contribution >= 4 is 11.6 Å². The van der Waals surface area contributed by atoms with Gasteiger partial charge in [-0.2, -0.15) is 0 Å². The van der Waals surface area contributed by atoms with Crippen LogP contribution in [0.3, 0.4) is 0 Å². The molecule has 0 saturated carbocycles. The number of halogens is 1. The van der Waals surface area contributed by atoms with Crippen molar-refractivity contribution in [2.24, 2.45) is 0 Å². The smallest absolute Gasteiger partial charge is 0.0406 e.